The normalized spacial score (nSPS) is 14.8. The van der Waals surface area contributed by atoms with E-state index in [0.717, 1.165) is 0 Å². The maximum Gasteiger partial charge on any atom is 0.274 e. The van der Waals surface area contributed by atoms with Gasteiger partial charge in [0.2, 0.25) is 0 Å². The molecule has 0 aliphatic heterocycles. The van der Waals surface area contributed by atoms with Gasteiger partial charge in [0.1, 0.15) is 0 Å². The third-order valence-corrected chi connectivity index (χ3v) is 1.71. The molecule has 68 valence electrons. The van der Waals surface area contributed by atoms with Gasteiger partial charge in [0, 0.05) is 6.54 Å². The second-order valence-electron chi connectivity index (χ2n) is 2.43. The summed E-state index contributed by atoms with van der Waals surface area (Å²) in [6.07, 6.45) is 0.772. The molecule has 0 spiro atoms. The molecule has 0 heterocycles. The van der Waals surface area contributed by atoms with Crippen molar-refractivity contribution in [3.8, 4) is 0 Å². The highest BCUT2D eigenvalue weighted by Gasteiger charge is 2.00. The van der Waals surface area contributed by atoms with E-state index in [0.29, 0.717) is 12.8 Å². The number of nitrogens with two attached hydrogens (primary N) is 1. The molecule has 5 nitrogen and oxygen atoms in total. The summed E-state index contributed by atoms with van der Waals surface area (Å²) in [5.74, 6) is 0. The highest BCUT2D eigenvalue weighted by molar-refractivity contribution is 7.87. The average molecular weight is 182 g/mol. The van der Waals surface area contributed by atoms with E-state index < -0.39 is 16.3 Å². The standard InChI is InChI=1S/C5H14N2O3S/c1-5(8)3-2-4-7-11(6,9)10/h5,7-8H,2-4H2,1H3,(H2,6,9,10). The molecule has 0 amide bonds. The van der Waals surface area contributed by atoms with Crippen molar-refractivity contribution in [3.05, 3.63) is 0 Å². The van der Waals surface area contributed by atoms with Crippen molar-refractivity contribution in [2.75, 3.05) is 6.54 Å². The number of hydrogen-bond donors (Lipinski definition) is 3. The summed E-state index contributed by atoms with van der Waals surface area (Å²) >= 11 is 0. The molecule has 0 saturated carbocycles. The molecule has 0 aliphatic carbocycles. The van der Waals surface area contributed by atoms with Crippen molar-refractivity contribution in [1.82, 2.24) is 4.72 Å². The smallest absolute Gasteiger partial charge is 0.274 e. The zero-order valence-corrected chi connectivity index (χ0v) is 7.26. The van der Waals surface area contributed by atoms with Crippen LogP contribution in [0.4, 0.5) is 0 Å². The van der Waals surface area contributed by atoms with Crippen LogP contribution in [-0.2, 0) is 10.2 Å². The predicted molar refractivity (Wildman–Crippen MR) is 42.0 cm³/mol. The Morgan fingerprint density at radius 1 is 1.64 bits per heavy atom. The van der Waals surface area contributed by atoms with Gasteiger partial charge in [0.15, 0.2) is 0 Å². The van der Waals surface area contributed by atoms with Crippen LogP contribution in [0.1, 0.15) is 19.8 Å². The lowest BCUT2D eigenvalue weighted by Crippen LogP contribution is -2.31. The van der Waals surface area contributed by atoms with Gasteiger partial charge in [-0.3, -0.25) is 0 Å². The number of nitrogens with one attached hydrogen (secondary N) is 1. The first-order chi connectivity index (χ1) is 4.92. The molecule has 0 fully saturated rings. The van der Waals surface area contributed by atoms with E-state index in [1.165, 1.54) is 0 Å². The minimum atomic E-state index is -3.55. The summed E-state index contributed by atoms with van der Waals surface area (Å²) in [4.78, 5) is 0. The molecule has 0 bridgehead atoms. The van der Waals surface area contributed by atoms with Crippen LogP contribution in [-0.4, -0.2) is 26.2 Å². The quantitative estimate of drug-likeness (QED) is 0.473. The molecule has 1 atom stereocenters. The number of aliphatic hydroxyl groups excluding tert-OH is 1. The minimum absolute atomic E-state index is 0.281. The van der Waals surface area contributed by atoms with Gasteiger partial charge >= 0.3 is 0 Å². The van der Waals surface area contributed by atoms with Crippen molar-refractivity contribution >= 4 is 10.2 Å². The third kappa shape index (κ3) is 9.83. The van der Waals surface area contributed by atoms with Crippen molar-refractivity contribution in [3.63, 3.8) is 0 Å². The van der Waals surface area contributed by atoms with Gasteiger partial charge < -0.3 is 5.11 Å². The third-order valence-electron chi connectivity index (χ3n) is 1.10. The maximum atomic E-state index is 10.3. The molecule has 11 heavy (non-hydrogen) atoms. The Labute approximate surface area is 66.8 Å². The first kappa shape index (κ1) is 10.8. The van der Waals surface area contributed by atoms with Gasteiger partial charge in [-0.2, -0.15) is 8.42 Å². The summed E-state index contributed by atoms with van der Waals surface area (Å²) in [7, 11) is -3.55. The molecule has 0 rings (SSSR count). The molecule has 6 heteroatoms. The van der Waals surface area contributed by atoms with E-state index in [9.17, 15) is 8.42 Å². The van der Waals surface area contributed by atoms with Crippen LogP contribution in [0.25, 0.3) is 0 Å². The van der Waals surface area contributed by atoms with Gasteiger partial charge in [0.25, 0.3) is 10.2 Å². The second kappa shape index (κ2) is 4.66. The summed E-state index contributed by atoms with van der Waals surface area (Å²) in [6, 6.07) is 0. The summed E-state index contributed by atoms with van der Waals surface area (Å²) in [5, 5.41) is 13.4. The number of hydrogen-bond acceptors (Lipinski definition) is 3. The highest BCUT2D eigenvalue weighted by Crippen LogP contribution is 1.93. The number of aliphatic hydroxyl groups is 1. The molecular weight excluding hydrogens is 168 g/mol. The Balaban J connectivity index is 3.30. The fraction of sp³-hybridized carbons (Fsp3) is 1.00. The Bertz CT molecular complexity index is 188. The van der Waals surface area contributed by atoms with Crippen LogP contribution in [0, 0.1) is 0 Å². The molecular formula is C5H14N2O3S. The van der Waals surface area contributed by atoms with Crippen LogP contribution in [0.15, 0.2) is 0 Å². The van der Waals surface area contributed by atoms with Crippen molar-refractivity contribution in [1.29, 1.82) is 0 Å². The van der Waals surface area contributed by atoms with Crippen LogP contribution >= 0.6 is 0 Å². The fourth-order valence-electron chi connectivity index (χ4n) is 0.612. The molecule has 0 aromatic rings. The molecule has 0 aromatic carbocycles. The highest BCUT2D eigenvalue weighted by atomic mass is 32.2. The van der Waals surface area contributed by atoms with E-state index in [4.69, 9.17) is 5.11 Å². The maximum absolute atomic E-state index is 10.3. The second-order valence-corrected chi connectivity index (χ2v) is 3.81. The Morgan fingerprint density at radius 2 is 2.18 bits per heavy atom. The monoisotopic (exact) mass is 182 g/mol. The summed E-state index contributed by atoms with van der Waals surface area (Å²) < 4.78 is 22.7. The zero-order chi connectivity index (χ0) is 8.91. The average Bonchev–Trinajstić information content (AvgIpc) is 1.78. The molecule has 0 aliphatic rings. The van der Waals surface area contributed by atoms with Gasteiger partial charge in [-0.15, -0.1) is 0 Å². The first-order valence-electron chi connectivity index (χ1n) is 3.37. The van der Waals surface area contributed by atoms with Crippen LogP contribution in [0.5, 0.6) is 0 Å². The van der Waals surface area contributed by atoms with Crippen molar-refractivity contribution in [2.24, 2.45) is 5.14 Å². The van der Waals surface area contributed by atoms with Gasteiger partial charge in [0.05, 0.1) is 6.10 Å². The number of rotatable bonds is 5. The molecule has 0 aromatic heterocycles. The fourth-order valence-corrected chi connectivity index (χ4v) is 1.04. The SMILES string of the molecule is CC(O)CCCNS(N)(=O)=O. The van der Waals surface area contributed by atoms with E-state index in [2.05, 4.69) is 9.86 Å². The van der Waals surface area contributed by atoms with Gasteiger partial charge in [-0.25, -0.2) is 9.86 Å². The molecule has 1 unspecified atom stereocenters. The van der Waals surface area contributed by atoms with Crippen molar-refractivity contribution < 1.29 is 13.5 Å². The lowest BCUT2D eigenvalue weighted by molar-refractivity contribution is 0.182. The van der Waals surface area contributed by atoms with E-state index in [1.54, 1.807) is 6.92 Å². The molecule has 0 saturated heterocycles. The Hall–Kier alpha value is -0.170. The topological polar surface area (TPSA) is 92.4 Å². The van der Waals surface area contributed by atoms with Crippen LogP contribution in [0.3, 0.4) is 0 Å². The lowest BCUT2D eigenvalue weighted by Gasteiger charge is -2.03. The van der Waals surface area contributed by atoms with E-state index in [-0.39, 0.29) is 6.54 Å². The Morgan fingerprint density at radius 3 is 2.55 bits per heavy atom. The van der Waals surface area contributed by atoms with Gasteiger partial charge in [-0.1, -0.05) is 0 Å². The lowest BCUT2D eigenvalue weighted by atomic mass is 10.2. The van der Waals surface area contributed by atoms with E-state index >= 15 is 0 Å². The van der Waals surface area contributed by atoms with Crippen LogP contribution < -0.4 is 9.86 Å². The zero-order valence-electron chi connectivity index (χ0n) is 6.45. The Kier molecular flexibility index (Phi) is 4.58. The minimum Gasteiger partial charge on any atom is -0.393 e. The van der Waals surface area contributed by atoms with Crippen molar-refractivity contribution in [2.45, 2.75) is 25.9 Å². The largest absolute Gasteiger partial charge is 0.393 e. The van der Waals surface area contributed by atoms with E-state index in [1.807, 2.05) is 0 Å². The summed E-state index contributed by atoms with van der Waals surface area (Å²) in [6.45, 7) is 1.93. The van der Waals surface area contributed by atoms with Crippen LogP contribution in [0.2, 0.25) is 0 Å². The molecule has 0 radical (unpaired) electrons. The summed E-state index contributed by atoms with van der Waals surface area (Å²) in [5.41, 5.74) is 0. The predicted octanol–water partition coefficient (Wildman–Crippen LogP) is -1.06. The first-order valence-corrected chi connectivity index (χ1v) is 4.92. The van der Waals surface area contributed by atoms with Gasteiger partial charge in [-0.05, 0) is 19.8 Å². The molecule has 4 N–H and O–H groups in total.